The molecule has 19 heavy (non-hydrogen) atoms. The molecule has 0 aliphatic rings. The minimum absolute atomic E-state index is 0.128. The van der Waals surface area contributed by atoms with Crippen LogP contribution in [0.25, 0.3) is 5.69 Å². The lowest BCUT2D eigenvalue weighted by Crippen LogP contribution is -2.21. The second-order valence-electron chi connectivity index (χ2n) is 4.21. The molecular weight excluding hydrogens is 332 g/mol. The zero-order valence-electron chi connectivity index (χ0n) is 10.4. The van der Waals surface area contributed by atoms with Crippen LogP contribution in [0.5, 0.6) is 0 Å². The molecule has 5 nitrogen and oxygen atoms in total. The molecule has 0 fully saturated rings. The Morgan fingerprint density at radius 2 is 2.26 bits per heavy atom. The van der Waals surface area contributed by atoms with Crippen LogP contribution in [0.3, 0.4) is 0 Å². The lowest BCUT2D eigenvalue weighted by molar-refractivity contribution is 0.216. The minimum atomic E-state index is 0.128. The monoisotopic (exact) mass is 344 g/mol. The van der Waals surface area contributed by atoms with Crippen LogP contribution in [-0.2, 0) is 6.54 Å². The van der Waals surface area contributed by atoms with Crippen molar-refractivity contribution in [2.24, 2.45) is 0 Å². The molecule has 0 saturated heterocycles. The lowest BCUT2D eigenvalue weighted by Gasteiger charge is -2.12. The number of aromatic nitrogens is 3. The summed E-state index contributed by atoms with van der Waals surface area (Å²) in [7, 11) is 1.92. The highest BCUT2D eigenvalue weighted by Crippen LogP contribution is 2.24. The summed E-state index contributed by atoms with van der Waals surface area (Å²) < 4.78 is 2.57. The Kier molecular flexibility index (Phi) is 4.93. The van der Waals surface area contributed by atoms with Crippen molar-refractivity contribution in [3.63, 3.8) is 0 Å². The summed E-state index contributed by atoms with van der Waals surface area (Å²) in [6.07, 6.45) is 1.84. The van der Waals surface area contributed by atoms with Gasteiger partial charge in [0.1, 0.15) is 0 Å². The molecule has 0 saturated carbocycles. The molecule has 102 valence electrons. The highest BCUT2D eigenvalue weighted by Gasteiger charge is 2.08. The van der Waals surface area contributed by atoms with E-state index in [0.29, 0.717) is 18.1 Å². The molecule has 0 aliphatic heterocycles. The van der Waals surface area contributed by atoms with Gasteiger partial charge in [0.25, 0.3) is 0 Å². The number of hydrogen-bond acceptors (Lipinski definition) is 4. The molecule has 1 aromatic carbocycles. The quantitative estimate of drug-likeness (QED) is 0.902. The maximum Gasteiger partial charge on any atom is 0.0971 e. The van der Waals surface area contributed by atoms with E-state index >= 15 is 0 Å². The van der Waals surface area contributed by atoms with Crippen molar-refractivity contribution in [1.29, 1.82) is 0 Å². The van der Waals surface area contributed by atoms with Gasteiger partial charge in [0.2, 0.25) is 0 Å². The van der Waals surface area contributed by atoms with Crippen LogP contribution in [0, 0.1) is 0 Å². The minimum Gasteiger partial charge on any atom is -0.395 e. The highest BCUT2D eigenvalue weighted by molar-refractivity contribution is 9.10. The van der Waals surface area contributed by atoms with E-state index in [9.17, 15) is 0 Å². The number of rotatable bonds is 5. The molecule has 0 unspecified atom stereocenters. The van der Waals surface area contributed by atoms with Crippen LogP contribution < -0.4 is 0 Å². The second-order valence-corrected chi connectivity index (χ2v) is 5.53. The van der Waals surface area contributed by atoms with Crippen LogP contribution in [0.2, 0.25) is 5.02 Å². The summed E-state index contributed by atoms with van der Waals surface area (Å²) in [4.78, 5) is 1.97. The molecule has 0 radical (unpaired) electrons. The summed E-state index contributed by atoms with van der Waals surface area (Å²) >= 11 is 9.53. The van der Waals surface area contributed by atoms with Crippen molar-refractivity contribution in [2.45, 2.75) is 6.54 Å². The first-order valence-electron chi connectivity index (χ1n) is 5.76. The summed E-state index contributed by atoms with van der Waals surface area (Å²) in [5.41, 5.74) is 1.61. The van der Waals surface area contributed by atoms with Gasteiger partial charge in [-0.2, -0.15) is 0 Å². The van der Waals surface area contributed by atoms with E-state index in [1.54, 1.807) is 4.68 Å². The van der Waals surface area contributed by atoms with Gasteiger partial charge < -0.3 is 5.11 Å². The van der Waals surface area contributed by atoms with Gasteiger partial charge in [0, 0.05) is 17.6 Å². The normalized spacial score (nSPS) is 11.2. The van der Waals surface area contributed by atoms with E-state index in [2.05, 4.69) is 26.2 Å². The van der Waals surface area contributed by atoms with E-state index < -0.39 is 0 Å². The Balaban J connectivity index is 2.16. The maximum atomic E-state index is 8.86. The van der Waals surface area contributed by atoms with Gasteiger partial charge >= 0.3 is 0 Å². The number of benzene rings is 1. The number of nitrogens with zero attached hydrogens (tertiary/aromatic N) is 4. The Bertz CT molecular complexity index is 560. The molecule has 0 aliphatic carbocycles. The van der Waals surface area contributed by atoms with Crippen molar-refractivity contribution in [1.82, 2.24) is 19.9 Å². The van der Waals surface area contributed by atoms with Gasteiger partial charge in [-0.05, 0) is 25.2 Å². The molecule has 7 heteroatoms. The number of hydrogen-bond donors (Lipinski definition) is 1. The molecular formula is C12H14BrClN4O. The first kappa shape index (κ1) is 14.5. The molecule has 1 heterocycles. The molecule has 0 amide bonds. The number of aliphatic hydroxyl groups excluding tert-OH is 1. The molecule has 0 spiro atoms. The van der Waals surface area contributed by atoms with Crippen LogP contribution >= 0.6 is 27.5 Å². The SMILES string of the molecule is CN(CCO)Cc1cn(-c2ccc(Br)cc2Cl)nn1. The smallest absolute Gasteiger partial charge is 0.0971 e. The third-order valence-electron chi connectivity index (χ3n) is 2.61. The van der Waals surface area contributed by atoms with Crippen molar-refractivity contribution in [2.75, 3.05) is 20.2 Å². The topological polar surface area (TPSA) is 54.2 Å². The summed E-state index contributed by atoms with van der Waals surface area (Å²) in [6, 6.07) is 5.60. The van der Waals surface area contributed by atoms with E-state index in [1.807, 2.05) is 36.3 Å². The standard InChI is InChI=1S/C12H14BrClN4O/c1-17(4-5-19)7-10-8-18(16-15-10)12-3-2-9(13)6-11(12)14/h2-3,6,8,19H,4-5,7H2,1H3. The van der Waals surface area contributed by atoms with E-state index in [4.69, 9.17) is 16.7 Å². The number of likely N-dealkylation sites (N-methyl/N-ethyl adjacent to an activating group) is 1. The fourth-order valence-corrected chi connectivity index (χ4v) is 2.44. The van der Waals surface area contributed by atoms with Crippen LogP contribution in [-0.4, -0.2) is 45.2 Å². The van der Waals surface area contributed by atoms with Gasteiger partial charge in [0.15, 0.2) is 0 Å². The fraction of sp³-hybridized carbons (Fsp3) is 0.333. The Morgan fingerprint density at radius 1 is 1.47 bits per heavy atom. The number of aliphatic hydroxyl groups is 1. The third-order valence-corrected chi connectivity index (χ3v) is 3.41. The van der Waals surface area contributed by atoms with Crippen molar-refractivity contribution < 1.29 is 5.11 Å². The van der Waals surface area contributed by atoms with E-state index in [0.717, 1.165) is 15.9 Å². The summed E-state index contributed by atoms with van der Waals surface area (Å²) in [6.45, 7) is 1.36. The van der Waals surface area contributed by atoms with E-state index in [-0.39, 0.29) is 6.61 Å². The molecule has 0 atom stereocenters. The van der Waals surface area contributed by atoms with Gasteiger partial charge in [0.05, 0.1) is 29.2 Å². The lowest BCUT2D eigenvalue weighted by atomic mass is 10.3. The van der Waals surface area contributed by atoms with Crippen LogP contribution in [0.15, 0.2) is 28.9 Å². The molecule has 1 N–H and O–H groups in total. The molecule has 1 aromatic heterocycles. The van der Waals surface area contributed by atoms with Crippen LogP contribution in [0.4, 0.5) is 0 Å². The van der Waals surface area contributed by atoms with Crippen molar-refractivity contribution in [3.8, 4) is 5.69 Å². The summed E-state index contributed by atoms with van der Waals surface area (Å²) in [5.74, 6) is 0. The Labute approximate surface area is 124 Å². The fourth-order valence-electron chi connectivity index (χ4n) is 1.68. The van der Waals surface area contributed by atoms with Gasteiger partial charge in [-0.25, -0.2) is 4.68 Å². The van der Waals surface area contributed by atoms with Crippen molar-refractivity contribution in [3.05, 3.63) is 39.6 Å². The molecule has 2 rings (SSSR count). The zero-order valence-corrected chi connectivity index (χ0v) is 12.8. The Hall–Kier alpha value is -0.950. The first-order chi connectivity index (χ1) is 9.10. The van der Waals surface area contributed by atoms with Gasteiger partial charge in [-0.15, -0.1) is 5.10 Å². The van der Waals surface area contributed by atoms with Gasteiger partial charge in [-0.1, -0.05) is 32.7 Å². The zero-order chi connectivity index (χ0) is 13.8. The largest absolute Gasteiger partial charge is 0.395 e. The second kappa shape index (κ2) is 6.47. The Morgan fingerprint density at radius 3 is 2.95 bits per heavy atom. The van der Waals surface area contributed by atoms with Crippen LogP contribution in [0.1, 0.15) is 5.69 Å². The first-order valence-corrected chi connectivity index (χ1v) is 6.93. The maximum absolute atomic E-state index is 8.86. The molecule has 0 bridgehead atoms. The van der Waals surface area contributed by atoms with Gasteiger partial charge in [-0.3, -0.25) is 4.90 Å². The highest BCUT2D eigenvalue weighted by atomic mass is 79.9. The average Bonchev–Trinajstić information content (AvgIpc) is 2.77. The average molecular weight is 346 g/mol. The summed E-state index contributed by atoms with van der Waals surface area (Å²) in [5, 5.41) is 17.6. The predicted molar refractivity (Wildman–Crippen MR) is 77.5 cm³/mol. The molecule has 2 aromatic rings. The van der Waals surface area contributed by atoms with Crippen molar-refractivity contribution >= 4 is 27.5 Å². The third kappa shape index (κ3) is 3.76. The van der Waals surface area contributed by atoms with E-state index in [1.165, 1.54) is 0 Å². The predicted octanol–water partition coefficient (Wildman–Crippen LogP) is 2.11. The number of halogens is 2.